The Morgan fingerprint density at radius 2 is 1.37 bits per heavy atom. The lowest BCUT2D eigenvalue weighted by Crippen LogP contribution is -1.96. The third-order valence-corrected chi connectivity index (χ3v) is 7.08. The molecule has 1 fully saturated rings. The number of aromatic hydroxyl groups is 1. The van der Waals surface area contributed by atoms with Crippen LogP contribution in [0.25, 0.3) is 21.8 Å². The monoisotopic (exact) mass is 610 g/mol. The number of epoxide rings is 1. The summed E-state index contributed by atoms with van der Waals surface area (Å²) >= 11 is 0. The molecule has 11 heteroatoms. The molecule has 1 aliphatic heterocycles. The van der Waals surface area contributed by atoms with E-state index in [4.69, 9.17) is 35.7 Å². The molecule has 1 aliphatic rings. The molecule has 0 unspecified atom stereocenters. The molecular weight excluding hydrogens is 584 g/mol. The summed E-state index contributed by atoms with van der Waals surface area (Å²) in [5.41, 5.74) is 15.5. The van der Waals surface area contributed by atoms with Crippen LogP contribution in [0.15, 0.2) is 91.1 Å². The summed E-state index contributed by atoms with van der Waals surface area (Å²) < 4.78 is 22.4. The molecule has 1 atom stereocenters. The van der Waals surface area contributed by atoms with Gasteiger partial charge in [0.05, 0.1) is 41.9 Å². The van der Waals surface area contributed by atoms with Crippen molar-refractivity contribution in [3.63, 3.8) is 0 Å². The van der Waals surface area contributed by atoms with E-state index in [1.165, 1.54) is 6.07 Å². The smallest absolute Gasteiger partial charge is 0.217 e. The maximum Gasteiger partial charge on any atom is 0.217 e. The fourth-order valence-electron chi connectivity index (χ4n) is 4.68. The van der Waals surface area contributed by atoms with E-state index in [1.807, 2.05) is 12.1 Å². The van der Waals surface area contributed by atoms with Gasteiger partial charge in [-0.1, -0.05) is 0 Å². The normalized spacial score (nSPS) is 13.2. The van der Waals surface area contributed by atoms with E-state index in [-0.39, 0.29) is 17.4 Å². The minimum absolute atomic E-state index is 0.0338. The minimum atomic E-state index is -0.0952. The van der Waals surface area contributed by atoms with Gasteiger partial charge in [-0.05, 0) is 72.8 Å². The van der Waals surface area contributed by atoms with E-state index in [2.05, 4.69) is 16.0 Å². The molecule has 226 valence electrons. The summed E-state index contributed by atoms with van der Waals surface area (Å²) in [5, 5.41) is 29.6. The van der Waals surface area contributed by atoms with Gasteiger partial charge >= 0.3 is 0 Å². The van der Waals surface area contributed by atoms with Crippen molar-refractivity contribution in [2.45, 2.75) is 6.10 Å². The summed E-state index contributed by atoms with van der Waals surface area (Å²) in [6.45, 7) is 0.624. The van der Waals surface area contributed by atoms with Gasteiger partial charge in [0.1, 0.15) is 40.9 Å². The molecule has 2 aromatic heterocycles. The summed E-state index contributed by atoms with van der Waals surface area (Å²) in [4.78, 5) is 8.63. The number of phenolic OH excluding ortho intramolecular Hbond substituents is 1. The first-order valence-electron chi connectivity index (χ1n) is 14.0. The van der Waals surface area contributed by atoms with Gasteiger partial charge in [0.2, 0.25) is 5.88 Å². The van der Waals surface area contributed by atoms with Gasteiger partial charge in [-0.25, -0.2) is 4.98 Å². The van der Waals surface area contributed by atoms with Crippen molar-refractivity contribution in [3.05, 3.63) is 108 Å². The lowest BCUT2D eigenvalue weighted by molar-refractivity contribution is 0.395. The Balaban J connectivity index is 0.000000164. The zero-order valence-electron chi connectivity index (χ0n) is 24.5. The molecule has 0 radical (unpaired) electrons. The number of nitrogens with zero attached hydrogens (tertiary/aromatic N) is 4. The molecule has 46 heavy (non-hydrogen) atoms. The molecular formula is C35H26N6O5. The van der Waals surface area contributed by atoms with Gasteiger partial charge in [0.15, 0.2) is 0 Å². The number of fused-ring (bicyclic) bond motifs is 2. The fraction of sp³-hybridized carbons (Fsp3) is 0.0857. The highest BCUT2D eigenvalue weighted by molar-refractivity contribution is 5.89. The van der Waals surface area contributed by atoms with E-state index in [0.717, 1.165) is 10.9 Å². The quantitative estimate of drug-likeness (QED) is 0.134. The molecule has 0 bridgehead atoms. The number of hydrogen-bond acceptors (Lipinski definition) is 11. The third-order valence-electron chi connectivity index (χ3n) is 7.08. The number of nitrogen functional groups attached to an aromatic ring is 2. The second-order valence-electron chi connectivity index (χ2n) is 10.2. The highest BCUT2D eigenvalue weighted by Crippen LogP contribution is 2.39. The molecule has 6 aromatic rings. The third kappa shape index (κ3) is 6.36. The molecule has 0 saturated carbocycles. The van der Waals surface area contributed by atoms with Crippen LogP contribution in [0.5, 0.6) is 34.6 Å². The van der Waals surface area contributed by atoms with Crippen LogP contribution in [-0.4, -0.2) is 28.8 Å². The lowest BCUT2D eigenvalue weighted by atomic mass is 10.0. The van der Waals surface area contributed by atoms with Gasteiger partial charge in [-0.3, -0.25) is 4.98 Å². The van der Waals surface area contributed by atoms with E-state index in [9.17, 15) is 10.4 Å². The van der Waals surface area contributed by atoms with Crippen molar-refractivity contribution in [2.24, 2.45) is 0 Å². The molecule has 0 spiro atoms. The number of ether oxygens (including phenoxy) is 4. The number of hydrogen-bond donors (Lipinski definition) is 3. The Morgan fingerprint density at radius 3 is 1.96 bits per heavy atom. The van der Waals surface area contributed by atoms with Crippen LogP contribution in [0, 0.1) is 22.7 Å². The predicted octanol–water partition coefficient (Wildman–Crippen LogP) is 6.75. The second kappa shape index (κ2) is 12.6. The van der Waals surface area contributed by atoms with Crippen molar-refractivity contribution >= 4 is 33.2 Å². The maximum atomic E-state index is 9.70. The van der Waals surface area contributed by atoms with Gasteiger partial charge in [0, 0.05) is 46.0 Å². The molecule has 1 saturated heterocycles. The Labute approximate surface area is 263 Å². The largest absolute Gasteiger partial charge is 0.506 e. The van der Waals surface area contributed by atoms with Crippen molar-refractivity contribution in [1.82, 2.24) is 9.97 Å². The Bertz CT molecular complexity index is 2150. The number of nitrogens with two attached hydrogens (primary N) is 2. The highest BCUT2D eigenvalue weighted by atomic mass is 16.6. The van der Waals surface area contributed by atoms with Crippen molar-refractivity contribution in [1.29, 1.82) is 10.5 Å². The second-order valence-corrected chi connectivity index (χ2v) is 10.2. The maximum absolute atomic E-state index is 9.70. The number of pyridine rings is 2. The fourth-order valence-corrected chi connectivity index (χ4v) is 4.68. The van der Waals surface area contributed by atoms with Gasteiger partial charge in [0.25, 0.3) is 0 Å². The number of aromatic nitrogens is 2. The zero-order valence-corrected chi connectivity index (χ0v) is 24.5. The molecule has 0 amide bonds. The van der Waals surface area contributed by atoms with Gasteiger partial charge in [-0.2, -0.15) is 10.5 Å². The Morgan fingerprint density at radius 1 is 0.783 bits per heavy atom. The SMILES string of the molecule is COc1cc(Oc2ccc(N)cc2)c2cc(C#N)c([C@@H]3CO3)cc2n1.N#Cc1cc2c(Oc3ccc(N)cc3)ccnc2cc1O. The van der Waals surface area contributed by atoms with E-state index in [0.29, 0.717) is 68.8 Å². The molecule has 5 N–H and O–H groups in total. The van der Waals surface area contributed by atoms with Crippen LogP contribution in [0.2, 0.25) is 0 Å². The van der Waals surface area contributed by atoms with E-state index < -0.39 is 0 Å². The van der Waals surface area contributed by atoms with Gasteiger partial charge in [-0.15, -0.1) is 0 Å². The molecule has 11 nitrogen and oxygen atoms in total. The zero-order chi connectivity index (χ0) is 32.2. The highest BCUT2D eigenvalue weighted by Gasteiger charge is 2.28. The van der Waals surface area contributed by atoms with Crippen LogP contribution in [-0.2, 0) is 4.74 Å². The predicted molar refractivity (Wildman–Crippen MR) is 172 cm³/mol. The summed E-state index contributed by atoms with van der Waals surface area (Å²) in [7, 11) is 1.55. The summed E-state index contributed by atoms with van der Waals surface area (Å²) in [6, 6.07) is 28.3. The Hall–Kier alpha value is -6.56. The topological polar surface area (TPSA) is 186 Å². The van der Waals surface area contributed by atoms with Crippen LogP contribution in [0.3, 0.4) is 0 Å². The number of methoxy groups -OCH3 is 1. The number of phenols is 1. The van der Waals surface area contributed by atoms with Crippen LogP contribution in [0.4, 0.5) is 11.4 Å². The lowest BCUT2D eigenvalue weighted by Gasteiger charge is -2.12. The molecule has 3 heterocycles. The van der Waals surface area contributed by atoms with Gasteiger partial charge < -0.3 is 35.5 Å². The van der Waals surface area contributed by atoms with Crippen molar-refractivity contribution < 1.29 is 24.1 Å². The number of nitriles is 2. The summed E-state index contributed by atoms with van der Waals surface area (Å²) in [6.07, 6.45) is 1.55. The van der Waals surface area contributed by atoms with E-state index in [1.54, 1.807) is 86.1 Å². The molecule has 7 rings (SSSR count). The standard InChI is InChI=1S/C19H15N3O3.C16H11N3O2/c1-23-19-8-17(25-13-4-2-12(21)3-5-13)15-6-11(9-20)14(18-10-24-18)7-16(15)22-19;17-9-10-7-13-14(8-15(10)20)19-6-5-16(13)21-12-3-1-11(18)2-4-12/h2-8,18H,10,21H2,1H3;1-8,20H,18H2/t18-;/m0./s1. The van der Waals surface area contributed by atoms with Crippen molar-refractivity contribution in [3.8, 4) is 46.8 Å². The molecule has 4 aromatic carbocycles. The van der Waals surface area contributed by atoms with Crippen molar-refractivity contribution in [2.75, 3.05) is 25.2 Å². The first-order chi connectivity index (χ1) is 22.3. The molecule has 0 aliphatic carbocycles. The van der Waals surface area contributed by atoms with Crippen LogP contribution in [0.1, 0.15) is 22.8 Å². The van der Waals surface area contributed by atoms with Crippen LogP contribution >= 0.6 is 0 Å². The average molecular weight is 611 g/mol. The first-order valence-corrected chi connectivity index (χ1v) is 14.0. The first kappa shape index (κ1) is 29.5. The Kier molecular flexibility index (Phi) is 8.07. The minimum Gasteiger partial charge on any atom is -0.506 e. The summed E-state index contributed by atoms with van der Waals surface area (Å²) in [5.74, 6) is 2.72. The van der Waals surface area contributed by atoms with E-state index >= 15 is 0 Å². The number of rotatable bonds is 6. The number of benzene rings is 4. The van der Waals surface area contributed by atoms with Crippen LogP contribution < -0.4 is 25.7 Å². The average Bonchev–Trinajstić information content (AvgIpc) is 3.92. The number of anilines is 2.